The first-order chi connectivity index (χ1) is 9.09. The van der Waals surface area contributed by atoms with E-state index < -0.39 is 5.97 Å². The van der Waals surface area contributed by atoms with Crippen LogP contribution in [0.25, 0.3) is 0 Å². The largest absolute Gasteiger partial charge is 0.422 e. The summed E-state index contributed by atoms with van der Waals surface area (Å²) in [5.74, 6) is -0.249. The molecule has 3 nitrogen and oxygen atoms in total. The zero-order valence-electron chi connectivity index (χ0n) is 10.8. The number of benzene rings is 2. The number of carbonyl (C=O) groups is 2. The van der Waals surface area contributed by atoms with Gasteiger partial charge < -0.3 is 4.74 Å². The topological polar surface area (TPSA) is 43.4 Å². The van der Waals surface area contributed by atoms with Gasteiger partial charge in [0.2, 0.25) is 0 Å². The number of para-hydroxylation sites is 1. The van der Waals surface area contributed by atoms with E-state index in [1.165, 1.54) is 6.92 Å². The van der Waals surface area contributed by atoms with Crippen molar-refractivity contribution < 1.29 is 14.3 Å². The van der Waals surface area contributed by atoms with Gasteiger partial charge in [0, 0.05) is 0 Å². The number of Topliss-reactive ketones (excluding diaryl/α,β-unsaturated/α-hetero) is 1. The van der Waals surface area contributed by atoms with Crippen LogP contribution < -0.4 is 4.74 Å². The highest BCUT2D eigenvalue weighted by atomic mass is 16.5. The van der Waals surface area contributed by atoms with Crippen LogP contribution in [-0.2, 0) is 0 Å². The van der Waals surface area contributed by atoms with Crippen molar-refractivity contribution in [2.24, 2.45) is 0 Å². The second-order valence-corrected chi connectivity index (χ2v) is 4.26. The number of hydrogen-bond acceptors (Lipinski definition) is 3. The van der Waals surface area contributed by atoms with E-state index in [4.69, 9.17) is 4.74 Å². The van der Waals surface area contributed by atoms with E-state index in [1.54, 1.807) is 49.4 Å². The van der Waals surface area contributed by atoms with Crippen LogP contribution in [0.2, 0.25) is 0 Å². The molecule has 0 bridgehead atoms. The Labute approximate surface area is 111 Å². The number of esters is 1. The molecule has 0 fully saturated rings. The smallest absolute Gasteiger partial charge is 0.343 e. The van der Waals surface area contributed by atoms with E-state index >= 15 is 0 Å². The Balaban J connectivity index is 2.34. The Bertz CT molecular complexity index is 615. The predicted octanol–water partition coefficient (Wildman–Crippen LogP) is 3.42. The van der Waals surface area contributed by atoms with Gasteiger partial charge in [0.1, 0.15) is 5.75 Å². The first-order valence-corrected chi connectivity index (χ1v) is 5.97. The molecule has 2 aromatic rings. The summed E-state index contributed by atoms with van der Waals surface area (Å²) in [4.78, 5) is 23.6. The summed E-state index contributed by atoms with van der Waals surface area (Å²) in [6.07, 6.45) is 0. The minimum Gasteiger partial charge on any atom is -0.422 e. The molecule has 2 rings (SSSR count). The molecule has 0 aliphatic carbocycles. The highest BCUT2D eigenvalue weighted by molar-refractivity contribution is 5.99. The standard InChI is InChI=1S/C16H14O3/c1-11-7-6-10-14(12(2)17)15(11)19-16(18)13-8-4-3-5-9-13/h3-10H,1-2H3. The van der Waals surface area contributed by atoms with Crippen LogP contribution in [0.1, 0.15) is 33.2 Å². The number of rotatable bonds is 3. The Morgan fingerprint density at radius 2 is 1.63 bits per heavy atom. The highest BCUT2D eigenvalue weighted by Gasteiger charge is 2.15. The molecule has 0 atom stereocenters. The Hall–Kier alpha value is -2.42. The zero-order valence-corrected chi connectivity index (χ0v) is 10.8. The van der Waals surface area contributed by atoms with E-state index in [0.29, 0.717) is 16.9 Å². The lowest BCUT2D eigenvalue weighted by molar-refractivity contribution is 0.0731. The van der Waals surface area contributed by atoms with Gasteiger partial charge in [-0.2, -0.15) is 0 Å². The molecule has 0 radical (unpaired) electrons. The van der Waals surface area contributed by atoms with Crippen molar-refractivity contribution in [3.63, 3.8) is 0 Å². The van der Waals surface area contributed by atoms with Crippen molar-refractivity contribution in [3.05, 3.63) is 65.2 Å². The summed E-state index contributed by atoms with van der Waals surface area (Å²) < 4.78 is 5.36. The quantitative estimate of drug-likeness (QED) is 0.479. The molecule has 0 saturated heterocycles. The molecule has 2 aromatic carbocycles. The van der Waals surface area contributed by atoms with Crippen molar-refractivity contribution in [1.82, 2.24) is 0 Å². The number of ketones is 1. The molecule has 0 unspecified atom stereocenters. The van der Waals surface area contributed by atoms with Crippen LogP contribution >= 0.6 is 0 Å². The van der Waals surface area contributed by atoms with E-state index in [2.05, 4.69) is 0 Å². The summed E-state index contributed by atoms with van der Waals surface area (Å²) in [6, 6.07) is 13.9. The molecular formula is C16H14O3. The molecule has 96 valence electrons. The molecular weight excluding hydrogens is 240 g/mol. The number of ether oxygens (including phenoxy) is 1. The van der Waals surface area contributed by atoms with Gasteiger partial charge in [-0.25, -0.2) is 4.79 Å². The first-order valence-electron chi connectivity index (χ1n) is 5.97. The molecule has 3 heteroatoms. The van der Waals surface area contributed by atoms with Crippen LogP contribution in [0, 0.1) is 6.92 Å². The summed E-state index contributed by atoms with van der Waals surface area (Å²) in [5.41, 5.74) is 1.64. The molecule has 0 aliphatic rings. The maximum atomic E-state index is 12.0. The summed E-state index contributed by atoms with van der Waals surface area (Å²) in [5, 5.41) is 0. The fourth-order valence-corrected chi connectivity index (χ4v) is 1.79. The maximum absolute atomic E-state index is 12.0. The van der Waals surface area contributed by atoms with Crippen LogP contribution in [0.15, 0.2) is 48.5 Å². The van der Waals surface area contributed by atoms with Gasteiger partial charge in [0.25, 0.3) is 0 Å². The lowest BCUT2D eigenvalue weighted by Gasteiger charge is -2.10. The second-order valence-electron chi connectivity index (χ2n) is 4.26. The maximum Gasteiger partial charge on any atom is 0.343 e. The Morgan fingerprint density at radius 1 is 0.947 bits per heavy atom. The van der Waals surface area contributed by atoms with Crippen molar-refractivity contribution in [2.45, 2.75) is 13.8 Å². The Morgan fingerprint density at radius 3 is 2.26 bits per heavy atom. The average molecular weight is 254 g/mol. The van der Waals surface area contributed by atoms with Gasteiger partial charge >= 0.3 is 5.97 Å². The fourth-order valence-electron chi connectivity index (χ4n) is 1.79. The van der Waals surface area contributed by atoms with Crippen LogP contribution in [-0.4, -0.2) is 11.8 Å². The molecule has 0 N–H and O–H groups in total. The number of carbonyl (C=O) groups excluding carboxylic acids is 2. The first kappa shape index (κ1) is 13.0. The van der Waals surface area contributed by atoms with Crippen molar-refractivity contribution in [3.8, 4) is 5.75 Å². The summed E-state index contributed by atoms with van der Waals surface area (Å²) >= 11 is 0. The van der Waals surface area contributed by atoms with E-state index in [-0.39, 0.29) is 5.78 Å². The SMILES string of the molecule is CC(=O)c1cccc(C)c1OC(=O)c1ccccc1. The Kier molecular flexibility index (Phi) is 3.76. The third-order valence-corrected chi connectivity index (χ3v) is 2.80. The average Bonchev–Trinajstić information content (AvgIpc) is 2.41. The van der Waals surface area contributed by atoms with E-state index in [9.17, 15) is 9.59 Å². The normalized spacial score (nSPS) is 10.0. The minimum absolute atomic E-state index is 0.125. The lowest BCUT2D eigenvalue weighted by atomic mass is 10.1. The van der Waals surface area contributed by atoms with Gasteiger partial charge in [-0.1, -0.05) is 30.3 Å². The minimum atomic E-state index is -0.461. The molecule has 0 amide bonds. The fraction of sp³-hybridized carbons (Fsp3) is 0.125. The van der Waals surface area contributed by atoms with Gasteiger partial charge in [-0.3, -0.25) is 4.79 Å². The number of hydrogen-bond donors (Lipinski definition) is 0. The van der Waals surface area contributed by atoms with E-state index in [1.807, 2.05) is 6.07 Å². The molecule has 0 aromatic heterocycles. The summed E-state index contributed by atoms with van der Waals surface area (Å²) in [7, 11) is 0. The molecule has 0 heterocycles. The predicted molar refractivity (Wildman–Crippen MR) is 72.6 cm³/mol. The highest BCUT2D eigenvalue weighted by Crippen LogP contribution is 2.24. The van der Waals surface area contributed by atoms with Gasteiger partial charge in [0.05, 0.1) is 11.1 Å². The van der Waals surface area contributed by atoms with Gasteiger partial charge in [0.15, 0.2) is 5.78 Å². The second kappa shape index (κ2) is 5.48. The third-order valence-electron chi connectivity index (χ3n) is 2.80. The van der Waals surface area contributed by atoms with Crippen LogP contribution in [0.4, 0.5) is 0 Å². The van der Waals surface area contributed by atoms with Crippen LogP contribution in [0.3, 0.4) is 0 Å². The molecule has 0 spiro atoms. The molecule has 19 heavy (non-hydrogen) atoms. The van der Waals surface area contributed by atoms with Gasteiger partial charge in [-0.15, -0.1) is 0 Å². The summed E-state index contributed by atoms with van der Waals surface area (Å²) in [6.45, 7) is 3.26. The molecule has 0 aliphatic heterocycles. The lowest BCUT2D eigenvalue weighted by Crippen LogP contribution is -2.11. The van der Waals surface area contributed by atoms with Gasteiger partial charge in [-0.05, 0) is 37.6 Å². The van der Waals surface area contributed by atoms with Crippen LogP contribution in [0.5, 0.6) is 5.75 Å². The van der Waals surface area contributed by atoms with Crippen molar-refractivity contribution in [1.29, 1.82) is 0 Å². The van der Waals surface area contributed by atoms with E-state index in [0.717, 1.165) is 5.56 Å². The molecule has 0 saturated carbocycles. The third kappa shape index (κ3) is 2.88. The van der Waals surface area contributed by atoms with Crippen molar-refractivity contribution >= 4 is 11.8 Å². The zero-order chi connectivity index (χ0) is 13.8. The monoisotopic (exact) mass is 254 g/mol. The van der Waals surface area contributed by atoms with Crippen molar-refractivity contribution in [2.75, 3.05) is 0 Å². The number of aryl methyl sites for hydroxylation is 1.